The van der Waals surface area contributed by atoms with Gasteiger partial charge in [-0.1, -0.05) is 12.1 Å². The molecular weight excluding hydrogens is 148 g/mol. The molecule has 0 unspecified atom stereocenters. The second kappa shape index (κ2) is 3.38. The van der Waals surface area contributed by atoms with Gasteiger partial charge < -0.3 is 5.73 Å². The Bertz CT molecular complexity index is 321. The zero-order valence-electron chi connectivity index (χ0n) is 7.33. The van der Waals surface area contributed by atoms with Crippen LogP contribution >= 0.6 is 0 Å². The molecule has 2 heteroatoms. The number of hydrogen-bond donors (Lipinski definition) is 1. The standard InChI is InChI=1S/C10H12N2/c1-7-3-4-9(8(2)12)5-10(7)6-11/h3-5,8H,12H2,1-2H3/t8-/m1/s1. The fourth-order valence-electron chi connectivity index (χ4n) is 1.04. The molecule has 0 saturated heterocycles. The van der Waals surface area contributed by atoms with Crippen molar-refractivity contribution in [1.82, 2.24) is 0 Å². The van der Waals surface area contributed by atoms with Crippen molar-refractivity contribution in [2.75, 3.05) is 0 Å². The lowest BCUT2D eigenvalue weighted by Gasteiger charge is -2.06. The molecule has 1 aromatic carbocycles. The van der Waals surface area contributed by atoms with Crippen molar-refractivity contribution < 1.29 is 0 Å². The molecule has 0 fully saturated rings. The van der Waals surface area contributed by atoms with Crippen molar-refractivity contribution in [2.24, 2.45) is 5.73 Å². The molecule has 1 aromatic rings. The summed E-state index contributed by atoms with van der Waals surface area (Å²) in [5.74, 6) is 0. The van der Waals surface area contributed by atoms with E-state index in [-0.39, 0.29) is 6.04 Å². The largest absolute Gasteiger partial charge is 0.324 e. The van der Waals surface area contributed by atoms with Gasteiger partial charge in [-0.05, 0) is 31.0 Å². The van der Waals surface area contributed by atoms with Crippen molar-refractivity contribution in [3.05, 3.63) is 34.9 Å². The molecule has 1 rings (SSSR count). The predicted octanol–water partition coefficient (Wildman–Crippen LogP) is 1.89. The van der Waals surface area contributed by atoms with E-state index in [4.69, 9.17) is 11.0 Å². The maximum atomic E-state index is 8.73. The number of nitrogens with zero attached hydrogens (tertiary/aromatic N) is 1. The van der Waals surface area contributed by atoms with E-state index in [1.54, 1.807) is 0 Å². The lowest BCUT2D eigenvalue weighted by molar-refractivity contribution is 0.817. The van der Waals surface area contributed by atoms with E-state index in [2.05, 4.69) is 6.07 Å². The second-order valence-electron chi connectivity index (χ2n) is 2.97. The highest BCUT2D eigenvalue weighted by molar-refractivity contribution is 5.40. The molecule has 12 heavy (non-hydrogen) atoms. The SMILES string of the molecule is Cc1ccc([C@@H](C)N)cc1C#N. The molecule has 62 valence electrons. The average Bonchev–Trinajstić information content (AvgIpc) is 2.05. The van der Waals surface area contributed by atoms with Gasteiger partial charge in [0.25, 0.3) is 0 Å². The lowest BCUT2D eigenvalue weighted by Crippen LogP contribution is -2.05. The van der Waals surface area contributed by atoms with Gasteiger partial charge in [0, 0.05) is 6.04 Å². The summed E-state index contributed by atoms with van der Waals surface area (Å²) in [5, 5.41) is 8.73. The smallest absolute Gasteiger partial charge is 0.0994 e. The molecule has 0 radical (unpaired) electrons. The van der Waals surface area contributed by atoms with Gasteiger partial charge in [-0.2, -0.15) is 5.26 Å². The van der Waals surface area contributed by atoms with Gasteiger partial charge in [0.15, 0.2) is 0 Å². The monoisotopic (exact) mass is 160 g/mol. The van der Waals surface area contributed by atoms with Gasteiger partial charge in [-0.25, -0.2) is 0 Å². The minimum atomic E-state index is -0.00213. The highest BCUT2D eigenvalue weighted by Gasteiger charge is 2.02. The topological polar surface area (TPSA) is 49.8 Å². The van der Waals surface area contributed by atoms with E-state index >= 15 is 0 Å². The van der Waals surface area contributed by atoms with E-state index in [9.17, 15) is 0 Å². The van der Waals surface area contributed by atoms with Crippen LogP contribution in [0.5, 0.6) is 0 Å². The summed E-state index contributed by atoms with van der Waals surface area (Å²) in [6.07, 6.45) is 0. The van der Waals surface area contributed by atoms with Crippen LogP contribution in [0.3, 0.4) is 0 Å². The van der Waals surface area contributed by atoms with Crippen LogP contribution in [0.1, 0.15) is 29.7 Å². The van der Waals surface area contributed by atoms with Crippen LogP contribution in [0.4, 0.5) is 0 Å². The summed E-state index contributed by atoms with van der Waals surface area (Å²) in [7, 11) is 0. The van der Waals surface area contributed by atoms with Crippen LogP contribution in [-0.4, -0.2) is 0 Å². The molecule has 0 aliphatic carbocycles. The number of aryl methyl sites for hydroxylation is 1. The third kappa shape index (κ3) is 1.63. The van der Waals surface area contributed by atoms with Gasteiger partial charge in [-0.3, -0.25) is 0 Å². The molecule has 2 N–H and O–H groups in total. The summed E-state index contributed by atoms with van der Waals surface area (Å²) in [4.78, 5) is 0. The summed E-state index contributed by atoms with van der Waals surface area (Å²) >= 11 is 0. The molecule has 0 bridgehead atoms. The zero-order chi connectivity index (χ0) is 9.14. The number of nitriles is 1. The zero-order valence-corrected chi connectivity index (χ0v) is 7.33. The fraction of sp³-hybridized carbons (Fsp3) is 0.300. The molecule has 0 saturated carbocycles. The molecule has 1 atom stereocenters. The Labute approximate surface area is 72.6 Å². The van der Waals surface area contributed by atoms with E-state index in [0.29, 0.717) is 5.56 Å². The predicted molar refractivity (Wildman–Crippen MR) is 48.5 cm³/mol. The minimum absolute atomic E-state index is 0.00213. The van der Waals surface area contributed by atoms with Gasteiger partial charge in [0.1, 0.15) is 0 Å². The Morgan fingerprint density at radius 3 is 2.67 bits per heavy atom. The third-order valence-corrected chi connectivity index (χ3v) is 1.91. The number of hydrogen-bond acceptors (Lipinski definition) is 2. The quantitative estimate of drug-likeness (QED) is 0.682. The van der Waals surface area contributed by atoms with Gasteiger partial charge in [-0.15, -0.1) is 0 Å². The Morgan fingerprint density at radius 1 is 1.50 bits per heavy atom. The number of nitrogens with two attached hydrogens (primary N) is 1. The van der Waals surface area contributed by atoms with Gasteiger partial charge in [0.05, 0.1) is 11.6 Å². The molecule has 0 heterocycles. The first-order chi connectivity index (χ1) is 5.65. The van der Waals surface area contributed by atoms with Crippen LogP contribution in [0.15, 0.2) is 18.2 Å². The molecular formula is C10H12N2. The van der Waals surface area contributed by atoms with Crippen LogP contribution in [-0.2, 0) is 0 Å². The Kier molecular flexibility index (Phi) is 2.47. The maximum Gasteiger partial charge on any atom is 0.0994 e. The van der Waals surface area contributed by atoms with E-state index in [0.717, 1.165) is 11.1 Å². The molecule has 0 aromatic heterocycles. The molecule has 0 amide bonds. The molecule has 0 spiro atoms. The first-order valence-electron chi connectivity index (χ1n) is 3.91. The third-order valence-electron chi connectivity index (χ3n) is 1.91. The maximum absolute atomic E-state index is 8.73. The number of benzene rings is 1. The highest BCUT2D eigenvalue weighted by atomic mass is 14.6. The first-order valence-corrected chi connectivity index (χ1v) is 3.91. The van der Waals surface area contributed by atoms with Crippen LogP contribution < -0.4 is 5.73 Å². The summed E-state index contributed by atoms with van der Waals surface area (Å²) in [6, 6.07) is 7.87. The molecule has 2 nitrogen and oxygen atoms in total. The van der Waals surface area contributed by atoms with Crippen molar-refractivity contribution in [1.29, 1.82) is 5.26 Å². The van der Waals surface area contributed by atoms with Crippen molar-refractivity contribution in [3.8, 4) is 6.07 Å². The second-order valence-corrected chi connectivity index (χ2v) is 2.97. The van der Waals surface area contributed by atoms with E-state index in [1.807, 2.05) is 32.0 Å². The van der Waals surface area contributed by atoms with Crippen LogP contribution in [0.25, 0.3) is 0 Å². The Hall–Kier alpha value is -1.33. The van der Waals surface area contributed by atoms with Gasteiger partial charge >= 0.3 is 0 Å². The van der Waals surface area contributed by atoms with E-state index < -0.39 is 0 Å². The van der Waals surface area contributed by atoms with E-state index in [1.165, 1.54) is 0 Å². The summed E-state index contributed by atoms with van der Waals surface area (Å²) < 4.78 is 0. The molecule has 0 aliphatic rings. The van der Waals surface area contributed by atoms with Gasteiger partial charge in [0.2, 0.25) is 0 Å². The summed E-state index contributed by atoms with van der Waals surface area (Å²) in [5.41, 5.74) is 8.40. The van der Waals surface area contributed by atoms with Crippen molar-refractivity contribution in [2.45, 2.75) is 19.9 Å². The summed E-state index contributed by atoms with van der Waals surface area (Å²) in [6.45, 7) is 3.83. The highest BCUT2D eigenvalue weighted by Crippen LogP contribution is 2.14. The minimum Gasteiger partial charge on any atom is -0.324 e. The normalized spacial score (nSPS) is 12.2. The molecule has 0 aliphatic heterocycles. The Morgan fingerprint density at radius 2 is 2.17 bits per heavy atom. The number of rotatable bonds is 1. The fourth-order valence-corrected chi connectivity index (χ4v) is 1.04. The van der Waals surface area contributed by atoms with Crippen molar-refractivity contribution >= 4 is 0 Å². The average molecular weight is 160 g/mol. The first kappa shape index (κ1) is 8.76. The Balaban J connectivity index is 3.16. The van der Waals surface area contributed by atoms with Crippen molar-refractivity contribution in [3.63, 3.8) is 0 Å². The lowest BCUT2D eigenvalue weighted by atomic mass is 10.0. The van der Waals surface area contributed by atoms with Crippen LogP contribution in [0.2, 0.25) is 0 Å². The van der Waals surface area contributed by atoms with Crippen LogP contribution in [0, 0.1) is 18.3 Å².